The Morgan fingerprint density at radius 3 is 2.44 bits per heavy atom. The van der Waals surface area contributed by atoms with E-state index in [1.54, 1.807) is 13.8 Å². The van der Waals surface area contributed by atoms with Crippen LogP contribution in [-0.4, -0.2) is 35.4 Å². The van der Waals surface area contributed by atoms with Crippen molar-refractivity contribution in [1.82, 2.24) is 5.32 Å². The van der Waals surface area contributed by atoms with E-state index in [1.807, 2.05) is 0 Å². The molecule has 1 aromatic carbocycles. The number of carboxylic acid groups (broad SMARTS) is 1. The Kier molecular flexibility index (Phi) is 6.60. The van der Waals surface area contributed by atoms with Gasteiger partial charge in [0.05, 0.1) is 5.69 Å². The fourth-order valence-electron chi connectivity index (χ4n) is 1.82. The van der Waals surface area contributed by atoms with E-state index in [-0.39, 0.29) is 18.5 Å². The van der Waals surface area contributed by atoms with E-state index in [9.17, 15) is 27.2 Å². The number of urea groups is 1. The van der Waals surface area contributed by atoms with Crippen LogP contribution >= 0.6 is 0 Å². The number of alkyl halides is 3. The summed E-state index contributed by atoms with van der Waals surface area (Å²) in [6, 6.07) is 1.94. The molecule has 0 aliphatic rings. The first kappa shape index (κ1) is 20.5. The van der Waals surface area contributed by atoms with Crippen molar-refractivity contribution < 1.29 is 37.0 Å². The van der Waals surface area contributed by atoms with Gasteiger partial charge in [-0.25, -0.2) is 9.18 Å². The number of rotatable bonds is 7. The Morgan fingerprint density at radius 1 is 1.24 bits per heavy atom. The molecule has 0 saturated carbocycles. The zero-order valence-corrected chi connectivity index (χ0v) is 13.5. The molecule has 0 unspecified atom stereocenters. The standard InChI is InChI=1S/C15H18F4N2O4/c1-14(2,6-5-12(22)23)21-13(24)20-10-4-3-9(16)7-11(10)25-8-15(17,18)19/h3-4,7H,5-6,8H2,1-2H3,(H,22,23)(H2,20,21,24). The van der Waals surface area contributed by atoms with Gasteiger partial charge in [-0.2, -0.15) is 13.2 Å². The average molecular weight is 366 g/mol. The highest BCUT2D eigenvalue weighted by atomic mass is 19.4. The number of ether oxygens (including phenoxy) is 1. The van der Waals surface area contributed by atoms with Gasteiger partial charge in [-0.3, -0.25) is 4.79 Å². The van der Waals surface area contributed by atoms with Gasteiger partial charge in [-0.05, 0) is 32.4 Å². The van der Waals surface area contributed by atoms with Crippen molar-refractivity contribution in [2.75, 3.05) is 11.9 Å². The maximum atomic E-state index is 13.2. The maximum Gasteiger partial charge on any atom is 0.422 e. The second-order valence-corrected chi connectivity index (χ2v) is 5.90. The molecule has 2 amide bonds. The van der Waals surface area contributed by atoms with Gasteiger partial charge in [0.15, 0.2) is 6.61 Å². The van der Waals surface area contributed by atoms with Gasteiger partial charge in [-0.15, -0.1) is 0 Å². The molecule has 0 aliphatic carbocycles. The monoisotopic (exact) mass is 366 g/mol. The summed E-state index contributed by atoms with van der Waals surface area (Å²) < 4.78 is 54.4. The largest absolute Gasteiger partial charge is 0.482 e. The summed E-state index contributed by atoms with van der Waals surface area (Å²) in [6.07, 6.45) is -4.66. The van der Waals surface area contributed by atoms with E-state index < -0.39 is 41.9 Å². The summed E-state index contributed by atoms with van der Waals surface area (Å²) in [5, 5.41) is 13.4. The van der Waals surface area contributed by atoms with Crippen molar-refractivity contribution in [3.63, 3.8) is 0 Å². The first-order chi connectivity index (χ1) is 11.4. The molecule has 140 valence electrons. The Balaban J connectivity index is 2.77. The van der Waals surface area contributed by atoms with Gasteiger partial charge in [0.2, 0.25) is 0 Å². The fourth-order valence-corrected chi connectivity index (χ4v) is 1.82. The molecule has 6 nitrogen and oxygen atoms in total. The van der Waals surface area contributed by atoms with E-state index in [0.29, 0.717) is 0 Å². The molecule has 0 saturated heterocycles. The summed E-state index contributed by atoms with van der Waals surface area (Å²) >= 11 is 0. The molecule has 1 aromatic rings. The lowest BCUT2D eigenvalue weighted by atomic mass is 9.99. The number of aliphatic carboxylic acids is 1. The summed E-state index contributed by atoms with van der Waals surface area (Å²) in [5.74, 6) is -2.34. The first-order valence-corrected chi connectivity index (χ1v) is 7.18. The number of hydrogen-bond acceptors (Lipinski definition) is 3. The van der Waals surface area contributed by atoms with Crippen molar-refractivity contribution in [1.29, 1.82) is 0 Å². The predicted molar refractivity (Wildman–Crippen MR) is 81.1 cm³/mol. The van der Waals surface area contributed by atoms with Crippen molar-refractivity contribution in [2.24, 2.45) is 0 Å². The average Bonchev–Trinajstić information content (AvgIpc) is 2.44. The Morgan fingerprint density at radius 2 is 1.88 bits per heavy atom. The minimum atomic E-state index is -4.62. The zero-order valence-electron chi connectivity index (χ0n) is 13.5. The van der Waals surface area contributed by atoms with E-state index in [1.165, 1.54) is 0 Å². The van der Waals surface area contributed by atoms with E-state index in [4.69, 9.17) is 5.11 Å². The summed E-state index contributed by atoms with van der Waals surface area (Å²) in [4.78, 5) is 22.5. The molecule has 10 heteroatoms. The molecule has 0 aliphatic heterocycles. The predicted octanol–water partition coefficient (Wildman–Crippen LogP) is 3.53. The van der Waals surface area contributed by atoms with Crippen molar-refractivity contribution in [3.8, 4) is 5.75 Å². The Labute approximate surface area is 141 Å². The highest BCUT2D eigenvalue weighted by Crippen LogP contribution is 2.27. The fraction of sp³-hybridized carbons (Fsp3) is 0.467. The van der Waals surface area contributed by atoms with Crippen molar-refractivity contribution >= 4 is 17.7 Å². The summed E-state index contributed by atoms with van der Waals surface area (Å²) in [6.45, 7) is 1.53. The second-order valence-electron chi connectivity index (χ2n) is 5.90. The summed E-state index contributed by atoms with van der Waals surface area (Å²) in [5.41, 5.74) is -1.03. The van der Waals surface area contributed by atoms with Crippen LogP contribution in [0.5, 0.6) is 5.75 Å². The lowest BCUT2D eigenvalue weighted by Gasteiger charge is -2.26. The normalized spacial score (nSPS) is 11.8. The minimum Gasteiger partial charge on any atom is -0.482 e. The molecule has 0 fully saturated rings. The highest BCUT2D eigenvalue weighted by molar-refractivity contribution is 5.91. The first-order valence-electron chi connectivity index (χ1n) is 7.18. The lowest BCUT2D eigenvalue weighted by molar-refractivity contribution is -0.153. The quantitative estimate of drug-likeness (QED) is 0.644. The van der Waals surface area contributed by atoms with Crippen LogP contribution < -0.4 is 15.4 Å². The van der Waals surface area contributed by atoms with Gasteiger partial charge >= 0.3 is 18.2 Å². The number of carboxylic acids is 1. The van der Waals surface area contributed by atoms with Crippen molar-refractivity contribution in [2.45, 2.75) is 38.4 Å². The highest BCUT2D eigenvalue weighted by Gasteiger charge is 2.29. The molecular weight excluding hydrogens is 348 g/mol. The van der Waals surface area contributed by atoms with Crippen molar-refractivity contribution in [3.05, 3.63) is 24.0 Å². The zero-order chi connectivity index (χ0) is 19.3. The number of amides is 2. The maximum absolute atomic E-state index is 13.2. The van der Waals surface area contributed by atoms with Gasteiger partial charge < -0.3 is 20.5 Å². The number of carbonyl (C=O) groups is 2. The van der Waals surface area contributed by atoms with Gasteiger partial charge in [0.1, 0.15) is 11.6 Å². The van der Waals surface area contributed by atoms with Crippen LogP contribution in [0.15, 0.2) is 18.2 Å². The van der Waals surface area contributed by atoms with E-state index in [2.05, 4.69) is 15.4 Å². The second kappa shape index (κ2) is 8.04. The Bertz CT molecular complexity index is 632. The molecular formula is C15H18F4N2O4. The number of hydrogen-bond donors (Lipinski definition) is 3. The molecule has 0 spiro atoms. The van der Waals surface area contributed by atoms with E-state index in [0.717, 1.165) is 18.2 Å². The number of carbonyl (C=O) groups excluding carboxylic acids is 1. The van der Waals surface area contributed by atoms with Crippen LogP contribution in [-0.2, 0) is 4.79 Å². The van der Waals surface area contributed by atoms with Crippen LogP contribution in [0.3, 0.4) is 0 Å². The van der Waals surface area contributed by atoms with Gasteiger partial charge in [-0.1, -0.05) is 0 Å². The van der Waals surface area contributed by atoms with Gasteiger partial charge in [0, 0.05) is 18.0 Å². The molecule has 0 bridgehead atoms. The topological polar surface area (TPSA) is 87.7 Å². The van der Waals surface area contributed by atoms with Crippen LogP contribution in [0.4, 0.5) is 28.0 Å². The van der Waals surface area contributed by atoms with E-state index >= 15 is 0 Å². The third kappa shape index (κ3) is 8.23. The third-order valence-corrected chi connectivity index (χ3v) is 3.00. The molecule has 0 heterocycles. The number of halogens is 4. The van der Waals surface area contributed by atoms with Crippen LogP contribution in [0.2, 0.25) is 0 Å². The molecule has 25 heavy (non-hydrogen) atoms. The molecule has 0 radical (unpaired) electrons. The molecule has 1 rings (SSSR count). The summed E-state index contributed by atoms with van der Waals surface area (Å²) in [7, 11) is 0. The number of benzene rings is 1. The van der Waals surface area contributed by atoms with Crippen LogP contribution in [0.1, 0.15) is 26.7 Å². The van der Waals surface area contributed by atoms with Crippen LogP contribution in [0.25, 0.3) is 0 Å². The minimum absolute atomic E-state index is 0.136. The number of nitrogens with one attached hydrogen (secondary N) is 2. The smallest absolute Gasteiger partial charge is 0.422 e. The molecule has 0 aromatic heterocycles. The van der Waals surface area contributed by atoms with Gasteiger partial charge in [0.25, 0.3) is 0 Å². The lowest BCUT2D eigenvalue weighted by Crippen LogP contribution is -2.45. The third-order valence-electron chi connectivity index (χ3n) is 3.00. The number of anilines is 1. The molecule has 0 atom stereocenters. The molecule has 3 N–H and O–H groups in total. The Hall–Kier alpha value is -2.52. The van der Waals surface area contributed by atoms with Crippen LogP contribution in [0, 0.1) is 5.82 Å². The SMILES string of the molecule is CC(C)(CCC(=O)O)NC(=O)Nc1ccc(F)cc1OCC(F)(F)F.